The number of carboxylic acid groups (broad SMARTS) is 1. The molecule has 3 aromatic rings. The van der Waals surface area contributed by atoms with Crippen molar-refractivity contribution in [1.29, 1.82) is 0 Å². The number of nitrogens with one attached hydrogen (secondary N) is 1. The van der Waals surface area contributed by atoms with Crippen LogP contribution in [0.1, 0.15) is 27.3 Å². The zero-order valence-electron chi connectivity index (χ0n) is 18.9. The number of anilines is 1. The van der Waals surface area contributed by atoms with Crippen molar-refractivity contribution in [3.63, 3.8) is 0 Å². The van der Waals surface area contributed by atoms with Gasteiger partial charge in [-0.05, 0) is 48.1 Å². The molecule has 0 spiro atoms. The minimum atomic E-state index is -4.40. The van der Waals surface area contributed by atoms with Crippen LogP contribution in [-0.2, 0) is 35.0 Å². The highest BCUT2D eigenvalue weighted by molar-refractivity contribution is 7.12. The van der Waals surface area contributed by atoms with Gasteiger partial charge in [0.2, 0.25) is 5.91 Å². The number of carboxylic acids is 1. The third kappa shape index (κ3) is 6.10. The summed E-state index contributed by atoms with van der Waals surface area (Å²) in [6, 6.07) is 16.1. The molecule has 0 saturated carbocycles. The normalized spacial score (nSPS) is 13.2. The second kappa shape index (κ2) is 10.6. The third-order valence-corrected chi connectivity index (χ3v) is 7.16. The molecule has 0 bridgehead atoms. The number of fused-ring (bicyclic) bond motifs is 1. The fraction of sp³-hybridized carbons (Fsp3) is 0.308. The van der Waals surface area contributed by atoms with Crippen LogP contribution in [0.25, 0.3) is 11.1 Å². The number of thiophene rings is 1. The Morgan fingerprint density at radius 3 is 2.54 bits per heavy atom. The highest BCUT2D eigenvalue weighted by Crippen LogP contribution is 2.43. The van der Waals surface area contributed by atoms with Gasteiger partial charge in [-0.1, -0.05) is 42.5 Å². The van der Waals surface area contributed by atoms with E-state index in [2.05, 4.69) is 5.32 Å². The number of aliphatic carboxylic acids is 1. The van der Waals surface area contributed by atoms with E-state index in [0.29, 0.717) is 36.2 Å². The van der Waals surface area contributed by atoms with Crippen LogP contribution in [0.4, 0.5) is 18.9 Å². The van der Waals surface area contributed by atoms with E-state index in [0.717, 1.165) is 28.2 Å². The Kier molecular flexibility index (Phi) is 7.57. The summed E-state index contributed by atoms with van der Waals surface area (Å²) in [5, 5.41) is 11.5. The van der Waals surface area contributed by atoms with Crippen LogP contribution in [0.2, 0.25) is 0 Å². The minimum Gasteiger partial charge on any atom is -0.481 e. The van der Waals surface area contributed by atoms with Crippen LogP contribution in [0.15, 0.2) is 54.6 Å². The lowest BCUT2D eigenvalue weighted by Crippen LogP contribution is -2.37. The molecule has 9 heteroatoms. The molecule has 0 aliphatic carbocycles. The van der Waals surface area contributed by atoms with Crippen molar-refractivity contribution < 1.29 is 27.9 Å². The number of aryl methyl sites for hydroxylation is 2. The summed E-state index contributed by atoms with van der Waals surface area (Å²) in [7, 11) is 0. The first-order valence-corrected chi connectivity index (χ1v) is 12.1. The average Bonchev–Trinajstić information content (AvgIpc) is 3.45. The number of alkyl halides is 3. The van der Waals surface area contributed by atoms with Gasteiger partial charge in [0, 0.05) is 29.2 Å². The van der Waals surface area contributed by atoms with Crippen molar-refractivity contribution in [1.82, 2.24) is 5.32 Å². The van der Waals surface area contributed by atoms with Crippen molar-refractivity contribution >= 4 is 28.9 Å². The molecule has 35 heavy (non-hydrogen) atoms. The number of halogens is 3. The fourth-order valence-electron chi connectivity index (χ4n) is 4.23. The summed E-state index contributed by atoms with van der Waals surface area (Å²) in [5.74, 6) is -1.04. The van der Waals surface area contributed by atoms with Crippen LogP contribution < -0.4 is 10.2 Å². The molecule has 0 fully saturated rings. The summed E-state index contributed by atoms with van der Waals surface area (Å²) < 4.78 is 40.9. The Hall–Kier alpha value is -3.17. The number of hydrogen-bond acceptors (Lipinski definition) is 4. The second-order valence-corrected chi connectivity index (χ2v) is 9.54. The second-order valence-electron chi connectivity index (χ2n) is 8.40. The molecule has 4 rings (SSSR count). The van der Waals surface area contributed by atoms with Crippen molar-refractivity contribution in [2.45, 2.75) is 31.9 Å². The van der Waals surface area contributed by atoms with Crippen molar-refractivity contribution in [3.05, 3.63) is 75.5 Å². The predicted molar refractivity (Wildman–Crippen MR) is 130 cm³/mol. The highest BCUT2D eigenvalue weighted by Gasteiger charge is 2.36. The number of benzene rings is 2. The zero-order chi connectivity index (χ0) is 25.0. The molecule has 0 unspecified atom stereocenters. The average molecular weight is 503 g/mol. The van der Waals surface area contributed by atoms with Gasteiger partial charge in [-0.3, -0.25) is 9.59 Å². The smallest absolute Gasteiger partial charge is 0.426 e. The molecule has 2 N–H and O–H groups in total. The summed E-state index contributed by atoms with van der Waals surface area (Å²) in [5.41, 5.74) is 3.66. The number of nitrogens with zero attached hydrogens (tertiary/aromatic N) is 1. The molecular formula is C26H25F3N2O3S. The van der Waals surface area contributed by atoms with E-state index in [1.165, 1.54) is 0 Å². The molecule has 0 saturated heterocycles. The van der Waals surface area contributed by atoms with Gasteiger partial charge in [0.25, 0.3) is 0 Å². The van der Waals surface area contributed by atoms with Crippen LogP contribution in [0.3, 0.4) is 0 Å². The molecule has 1 aliphatic heterocycles. The first kappa shape index (κ1) is 24.9. The van der Waals surface area contributed by atoms with E-state index in [4.69, 9.17) is 5.11 Å². The molecule has 184 valence electrons. The highest BCUT2D eigenvalue weighted by atomic mass is 32.1. The van der Waals surface area contributed by atoms with Crippen LogP contribution in [0.5, 0.6) is 0 Å². The van der Waals surface area contributed by atoms with Crippen LogP contribution >= 0.6 is 11.3 Å². The predicted octanol–water partition coefficient (Wildman–Crippen LogP) is 5.17. The number of rotatable bonds is 9. The van der Waals surface area contributed by atoms with E-state index in [-0.39, 0.29) is 31.0 Å². The van der Waals surface area contributed by atoms with Crippen molar-refractivity contribution in [2.24, 2.45) is 0 Å². The fourth-order valence-corrected chi connectivity index (χ4v) is 5.28. The van der Waals surface area contributed by atoms with E-state index in [1.807, 2.05) is 18.2 Å². The summed E-state index contributed by atoms with van der Waals surface area (Å²) >= 11 is 0.800. The Bertz CT molecular complexity index is 1210. The van der Waals surface area contributed by atoms with Gasteiger partial charge in [0.15, 0.2) is 0 Å². The van der Waals surface area contributed by atoms with Gasteiger partial charge in [0.05, 0.1) is 13.0 Å². The number of hydrogen-bond donors (Lipinski definition) is 2. The van der Waals surface area contributed by atoms with Gasteiger partial charge >= 0.3 is 12.1 Å². The molecule has 1 amide bonds. The maximum Gasteiger partial charge on any atom is 0.426 e. The third-order valence-electron chi connectivity index (χ3n) is 5.92. The Morgan fingerprint density at radius 1 is 1.06 bits per heavy atom. The monoisotopic (exact) mass is 502 g/mol. The van der Waals surface area contributed by atoms with Gasteiger partial charge < -0.3 is 15.3 Å². The first-order valence-electron chi connectivity index (χ1n) is 11.3. The summed E-state index contributed by atoms with van der Waals surface area (Å²) in [4.78, 5) is 24.9. The lowest BCUT2D eigenvalue weighted by Gasteiger charge is -2.18. The van der Waals surface area contributed by atoms with E-state index in [1.54, 1.807) is 41.3 Å². The molecule has 0 atom stereocenters. The maximum absolute atomic E-state index is 13.6. The lowest BCUT2D eigenvalue weighted by atomic mass is 10.0. The quantitative estimate of drug-likeness (QED) is 0.396. The summed E-state index contributed by atoms with van der Waals surface area (Å²) in [6.07, 6.45) is -2.64. The molecule has 1 aliphatic rings. The molecule has 1 aromatic heterocycles. The first-order chi connectivity index (χ1) is 16.7. The molecular weight excluding hydrogens is 477 g/mol. The van der Waals surface area contributed by atoms with E-state index >= 15 is 0 Å². The Labute approximate surface area is 205 Å². The van der Waals surface area contributed by atoms with E-state index < -0.39 is 17.0 Å². The zero-order valence-corrected chi connectivity index (χ0v) is 19.7. The van der Waals surface area contributed by atoms with E-state index in [9.17, 15) is 22.8 Å². The molecule has 5 nitrogen and oxygen atoms in total. The van der Waals surface area contributed by atoms with Crippen molar-refractivity contribution in [3.8, 4) is 11.1 Å². The Balaban J connectivity index is 1.41. The van der Waals surface area contributed by atoms with Gasteiger partial charge in [-0.15, -0.1) is 11.3 Å². The maximum atomic E-state index is 13.6. The lowest BCUT2D eigenvalue weighted by molar-refractivity contribution is -0.137. The van der Waals surface area contributed by atoms with Crippen molar-refractivity contribution in [2.75, 3.05) is 24.5 Å². The van der Waals surface area contributed by atoms with Gasteiger partial charge in [-0.2, -0.15) is 13.2 Å². The minimum absolute atomic E-state index is 0.0469. The number of carbonyl (C=O) groups is 2. The Morgan fingerprint density at radius 2 is 1.83 bits per heavy atom. The SMILES string of the molecule is O=C(O)CCNCC(=O)N1CCc2cc(CCc3cc(-c4ccccc4)c(C(F)(F)F)s3)ccc21. The molecule has 2 aromatic carbocycles. The van der Waals surface area contributed by atoms with Gasteiger partial charge in [0.1, 0.15) is 4.88 Å². The molecule has 2 heterocycles. The van der Waals surface area contributed by atoms with Crippen LogP contribution in [-0.4, -0.2) is 36.6 Å². The molecule has 0 radical (unpaired) electrons. The summed E-state index contributed by atoms with van der Waals surface area (Å²) in [6.45, 7) is 0.849. The van der Waals surface area contributed by atoms with Gasteiger partial charge in [-0.25, -0.2) is 0 Å². The number of amides is 1. The number of carbonyl (C=O) groups excluding carboxylic acids is 1. The van der Waals surface area contributed by atoms with Crippen LogP contribution in [0, 0.1) is 0 Å². The standard InChI is InChI=1S/C26H25F3N2O3S/c27-26(28,29)25-21(18-4-2-1-3-5-18)15-20(35-25)8-6-17-7-9-22-19(14-17)11-13-31(22)23(32)16-30-12-10-24(33)34/h1-5,7,9,14-15,30H,6,8,10-13,16H2,(H,33,34). The largest absolute Gasteiger partial charge is 0.481 e. The topological polar surface area (TPSA) is 69.6 Å².